The van der Waals surface area contributed by atoms with Gasteiger partial charge in [0.1, 0.15) is 0 Å². The minimum atomic E-state index is 0.914. The van der Waals surface area contributed by atoms with Gasteiger partial charge in [-0.3, -0.25) is 0 Å². The number of ether oxygens (including phenoxy) is 1. The molecule has 104 valence electrons. The van der Waals surface area contributed by atoms with Crippen molar-refractivity contribution in [3.63, 3.8) is 0 Å². The van der Waals surface area contributed by atoms with Crippen molar-refractivity contribution >= 4 is 0 Å². The van der Waals surface area contributed by atoms with Crippen LogP contribution in [-0.2, 0) is 4.74 Å². The quantitative estimate of drug-likeness (QED) is 0.463. The van der Waals surface area contributed by atoms with Gasteiger partial charge in [0.05, 0.1) is 0 Å². The minimum absolute atomic E-state index is 0.914. The molecule has 2 heteroatoms. The van der Waals surface area contributed by atoms with Crippen LogP contribution in [0.25, 0.3) is 0 Å². The lowest BCUT2D eigenvalue weighted by atomic mass is 10.1. The number of hydrogen-bond donors (Lipinski definition) is 1. The third-order valence-corrected chi connectivity index (χ3v) is 3.16. The van der Waals surface area contributed by atoms with Gasteiger partial charge in [0.15, 0.2) is 0 Å². The molecular weight excluding hydrogens is 210 g/mol. The first-order chi connectivity index (χ1) is 8.41. The Bertz CT molecular complexity index is 114. The van der Waals surface area contributed by atoms with E-state index < -0.39 is 0 Å². The molecule has 0 aliphatic carbocycles. The van der Waals surface area contributed by atoms with Gasteiger partial charge in [0.2, 0.25) is 0 Å². The fourth-order valence-electron chi connectivity index (χ4n) is 2.01. The molecule has 0 heterocycles. The van der Waals surface area contributed by atoms with E-state index in [9.17, 15) is 0 Å². The zero-order valence-corrected chi connectivity index (χ0v) is 12.1. The molecule has 0 spiro atoms. The van der Waals surface area contributed by atoms with Gasteiger partial charge >= 0.3 is 0 Å². The molecule has 0 unspecified atom stereocenters. The van der Waals surface area contributed by atoms with Gasteiger partial charge in [-0.2, -0.15) is 0 Å². The summed E-state index contributed by atoms with van der Waals surface area (Å²) in [7, 11) is 1.78. The number of rotatable bonds is 14. The fraction of sp³-hybridized carbons (Fsp3) is 1.00. The molecule has 0 aliphatic rings. The average Bonchev–Trinajstić information content (AvgIpc) is 2.35. The lowest BCUT2D eigenvalue weighted by Crippen LogP contribution is -2.16. The molecule has 0 rings (SSSR count). The summed E-state index contributed by atoms with van der Waals surface area (Å²) in [5.41, 5.74) is 0. The number of unbranched alkanes of at least 4 members (excludes halogenated alkanes) is 8. The monoisotopic (exact) mass is 243 g/mol. The largest absolute Gasteiger partial charge is 0.385 e. The lowest BCUT2D eigenvalue weighted by Gasteiger charge is -2.04. The molecule has 1 N–H and O–H groups in total. The van der Waals surface area contributed by atoms with E-state index in [0.717, 1.165) is 6.61 Å². The van der Waals surface area contributed by atoms with Crippen LogP contribution in [0.2, 0.25) is 0 Å². The van der Waals surface area contributed by atoms with E-state index in [1.807, 2.05) is 0 Å². The molecule has 0 bridgehead atoms. The van der Waals surface area contributed by atoms with E-state index in [2.05, 4.69) is 12.2 Å². The van der Waals surface area contributed by atoms with Gasteiger partial charge in [0, 0.05) is 13.7 Å². The Morgan fingerprint density at radius 3 is 1.82 bits per heavy atom. The fourth-order valence-corrected chi connectivity index (χ4v) is 2.01. The third-order valence-electron chi connectivity index (χ3n) is 3.16. The standard InChI is InChI=1S/C15H33NO/c1-3-4-5-6-7-8-10-13-16-14-11-9-12-15-17-2/h16H,3-15H2,1-2H3. The van der Waals surface area contributed by atoms with Crippen molar-refractivity contribution < 1.29 is 4.74 Å². The van der Waals surface area contributed by atoms with Crippen molar-refractivity contribution in [3.05, 3.63) is 0 Å². The summed E-state index contributed by atoms with van der Waals surface area (Å²) in [5.74, 6) is 0. The molecule has 0 aromatic carbocycles. The van der Waals surface area contributed by atoms with Crippen molar-refractivity contribution in [2.75, 3.05) is 26.8 Å². The average molecular weight is 243 g/mol. The first-order valence-electron chi connectivity index (χ1n) is 7.61. The highest BCUT2D eigenvalue weighted by molar-refractivity contribution is 4.51. The van der Waals surface area contributed by atoms with Crippen molar-refractivity contribution in [3.8, 4) is 0 Å². The molecule has 0 saturated heterocycles. The van der Waals surface area contributed by atoms with Gasteiger partial charge in [0.25, 0.3) is 0 Å². The summed E-state index contributed by atoms with van der Waals surface area (Å²) in [6.45, 7) is 5.58. The molecule has 0 radical (unpaired) electrons. The van der Waals surface area contributed by atoms with Crippen LogP contribution in [0.4, 0.5) is 0 Å². The van der Waals surface area contributed by atoms with E-state index in [-0.39, 0.29) is 0 Å². The number of methoxy groups -OCH3 is 1. The van der Waals surface area contributed by atoms with E-state index in [4.69, 9.17) is 4.74 Å². The molecule has 0 aromatic heterocycles. The van der Waals surface area contributed by atoms with Gasteiger partial charge in [-0.05, 0) is 38.8 Å². The van der Waals surface area contributed by atoms with Gasteiger partial charge in [-0.15, -0.1) is 0 Å². The highest BCUT2D eigenvalue weighted by atomic mass is 16.5. The lowest BCUT2D eigenvalue weighted by molar-refractivity contribution is 0.192. The smallest absolute Gasteiger partial charge is 0.0462 e. The maximum absolute atomic E-state index is 5.02. The topological polar surface area (TPSA) is 21.3 Å². The van der Waals surface area contributed by atoms with Crippen molar-refractivity contribution in [1.82, 2.24) is 5.32 Å². The van der Waals surface area contributed by atoms with Crippen molar-refractivity contribution in [2.24, 2.45) is 0 Å². The first kappa shape index (κ1) is 16.9. The van der Waals surface area contributed by atoms with Gasteiger partial charge in [-0.1, -0.05) is 45.4 Å². The Labute approximate surface area is 109 Å². The van der Waals surface area contributed by atoms with Crippen LogP contribution in [0.1, 0.15) is 71.1 Å². The van der Waals surface area contributed by atoms with Crippen LogP contribution in [0.5, 0.6) is 0 Å². The Morgan fingerprint density at radius 1 is 0.706 bits per heavy atom. The van der Waals surface area contributed by atoms with Crippen LogP contribution in [0.3, 0.4) is 0 Å². The number of nitrogens with one attached hydrogen (secondary N) is 1. The summed E-state index contributed by atoms with van der Waals surface area (Å²) < 4.78 is 5.02. The van der Waals surface area contributed by atoms with Crippen LogP contribution in [0, 0.1) is 0 Å². The summed E-state index contributed by atoms with van der Waals surface area (Å²) in [6, 6.07) is 0. The Hall–Kier alpha value is -0.0800. The van der Waals surface area contributed by atoms with Gasteiger partial charge < -0.3 is 10.1 Å². The Morgan fingerprint density at radius 2 is 1.24 bits per heavy atom. The molecule has 0 amide bonds. The molecule has 0 atom stereocenters. The Kier molecular flexibility index (Phi) is 15.8. The summed E-state index contributed by atoms with van der Waals surface area (Å²) in [6.07, 6.45) is 13.6. The predicted molar refractivity (Wildman–Crippen MR) is 76.6 cm³/mol. The van der Waals surface area contributed by atoms with Crippen LogP contribution >= 0.6 is 0 Å². The molecule has 17 heavy (non-hydrogen) atoms. The summed E-state index contributed by atoms with van der Waals surface area (Å²) >= 11 is 0. The highest BCUT2D eigenvalue weighted by Crippen LogP contribution is 2.06. The minimum Gasteiger partial charge on any atom is -0.385 e. The predicted octanol–water partition coefficient (Wildman–Crippen LogP) is 4.14. The first-order valence-corrected chi connectivity index (χ1v) is 7.61. The third kappa shape index (κ3) is 15.9. The van der Waals surface area contributed by atoms with E-state index in [1.54, 1.807) is 7.11 Å². The van der Waals surface area contributed by atoms with Crippen molar-refractivity contribution in [2.45, 2.75) is 71.1 Å². The second-order valence-corrected chi connectivity index (χ2v) is 4.92. The maximum Gasteiger partial charge on any atom is 0.0462 e. The SMILES string of the molecule is CCCCCCCCCNCCCCCOC. The molecule has 0 fully saturated rings. The Balaban J connectivity index is 2.85. The number of hydrogen-bond acceptors (Lipinski definition) is 2. The van der Waals surface area contributed by atoms with E-state index in [1.165, 1.54) is 77.3 Å². The zero-order chi connectivity index (χ0) is 12.6. The molecule has 0 aromatic rings. The second kappa shape index (κ2) is 15.9. The van der Waals surface area contributed by atoms with Crippen molar-refractivity contribution in [1.29, 1.82) is 0 Å². The van der Waals surface area contributed by atoms with Crippen LogP contribution < -0.4 is 5.32 Å². The highest BCUT2D eigenvalue weighted by Gasteiger charge is 1.92. The second-order valence-electron chi connectivity index (χ2n) is 4.92. The van der Waals surface area contributed by atoms with Crippen LogP contribution in [0.15, 0.2) is 0 Å². The molecule has 0 saturated carbocycles. The summed E-state index contributed by atoms with van der Waals surface area (Å²) in [4.78, 5) is 0. The summed E-state index contributed by atoms with van der Waals surface area (Å²) in [5, 5.41) is 3.52. The maximum atomic E-state index is 5.02. The van der Waals surface area contributed by atoms with E-state index in [0.29, 0.717) is 0 Å². The van der Waals surface area contributed by atoms with E-state index >= 15 is 0 Å². The van der Waals surface area contributed by atoms with Crippen LogP contribution in [-0.4, -0.2) is 26.8 Å². The van der Waals surface area contributed by atoms with Gasteiger partial charge in [-0.25, -0.2) is 0 Å². The molecule has 2 nitrogen and oxygen atoms in total. The zero-order valence-electron chi connectivity index (χ0n) is 12.1. The normalized spacial score (nSPS) is 10.9. The molecular formula is C15H33NO. The molecule has 0 aliphatic heterocycles.